The number of hydrogen-bond acceptors (Lipinski definition) is 4. The van der Waals surface area contributed by atoms with Gasteiger partial charge < -0.3 is 9.64 Å². The Labute approximate surface area is 125 Å². The number of carbonyl (C=O) groups is 1. The SMILES string of the molecule is CCC(C)C1NC(c2cccs2)N(CCCOC)C1=O. The second kappa shape index (κ2) is 7.20. The highest BCUT2D eigenvalue weighted by Crippen LogP contribution is 2.31. The maximum absolute atomic E-state index is 12.6. The molecule has 1 aromatic heterocycles. The van der Waals surface area contributed by atoms with Crippen LogP contribution < -0.4 is 5.32 Å². The molecule has 1 aliphatic heterocycles. The third-order valence-electron chi connectivity index (χ3n) is 3.97. The summed E-state index contributed by atoms with van der Waals surface area (Å²) in [6, 6.07) is 4.07. The van der Waals surface area contributed by atoms with Gasteiger partial charge in [-0.15, -0.1) is 11.3 Å². The summed E-state index contributed by atoms with van der Waals surface area (Å²) in [4.78, 5) is 15.8. The van der Waals surface area contributed by atoms with E-state index in [1.54, 1.807) is 18.4 Å². The minimum Gasteiger partial charge on any atom is -0.385 e. The molecule has 1 aromatic rings. The van der Waals surface area contributed by atoms with Gasteiger partial charge in [-0.2, -0.15) is 0 Å². The number of rotatable bonds is 7. The molecule has 0 aromatic carbocycles. The van der Waals surface area contributed by atoms with Crippen LogP contribution in [0.4, 0.5) is 0 Å². The molecule has 112 valence electrons. The lowest BCUT2D eigenvalue weighted by molar-refractivity contribution is -0.131. The Morgan fingerprint density at radius 2 is 2.35 bits per heavy atom. The molecule has 5 heteroatoms. The predicted octanol–water partition coefficient (Wildman–Crippen LogP) is 2.63. The maximum Gasteiger partial charge on any atom is 0.241 e. The fourth-order valence-corrected chi connectivity index (χ4v) is 3.38. The molecule has 4 nitrogen and oxygen atoms in total. The standard InChI is InChI=1S/C15H24N2O2S/c1-4-11(2)13-15(18)17(8-6-9-19-3)14(16-13)12-7-5-10-20-12/h5,7,10-11,13-14,16H,4,6,8-9H2,1-3H3. The first-order valence-electron chi connectivity index (χ1n) is 7.27. The van der Waals surface area contributed by atoms with Gasteiger partial charge in [0.2, 0.25) is 5.91 Å². The van der Waals surface area contributed by atoms with Crippen LogP contribution in [0.1, 0.15) is 37.7 Å². The van der Waals surface area contributed by atoms with Crippen molar-refractivity contribution >= 4 is 17.2 Å². The van der Waals surface area contributed by atoms with Crippen molar-refractivity contribution in [2.24, 2.45) is 5.92 Å². The molecule has 1 fully saturated rings. The number of amides is 1. The fourth-order valence-electron chi connectivity index (χ4n) is 2.58. The van der Waals surface area contributed by atoms with E-state index in [1.807, 2.05) is 11.0 Å². The van der Waals surface area contributed by atoms with Crippen LogP contribution in [0.15, 0.2) is 17.5 Å². The number of ether oxygens (including phenoxy) is 1. The molecule has 20 heavy (non-hydrogen) atoms. The van der Waals surface area contributed by atoms with Crippen molar-refractivity contribution < 1.29 is 9.53 Å². The lowest BCUT2D eigenvalue weighted by Crippen LogP contribution is -2.36. The first kappa shape index (κ1) is 15.5. The molecule has 3 unspecified atom stereocenters. The first-order chi connectivity index (χ1) is 9.69. The second-order valence-electron chi connectivity index (χ2n) is 5.33. The molecular weight excluding hydrogens is 272 g/mol. The summed E-state index contributed by atoms with van der Waals surface area (Å²) in [5, 5.41) is 5.58. The molecule has 1 aliphatic rings. The summed E-state index contributed by atoms with van der Waals surface area (Å²) >= 11 is 1.70. The van der Waals surface area contributed by atoms with Crippen LogP contribution in [0.5, 0.6) is 0 Å². The van der Waals surface area contributed by atoms with Crippen LogP contribution in [0.25, 0.3) is 0 Å². The van der Waals surface area contributed by atoms with Gasteiger partial charge in [-0.1, -0.05) is 26.3 Å². The molecule has 1 amide bonds. The zero-order valence-electron chi connectivity index (χ0n) is 12.5. The van der Waals surface area contributed by atoms with Crippen LogP contribution >= 0.6 is 11.3 Å². The van der Waals surface area contributed by atoms with Crippen molar-refractivity contribution in [1.82, 2.24) is 10.2 Å². The highest BCUT2D eigenvalue weighted by Gasteiger charge is 2.41. The number of methoxy groups -OCH3 is 1. The van der Waals surface area contributed by atoms with Crippen LogP contribution in [0, 0.1) is 5.92 Å². The summed E-state index contributed by atoms with van der Waals surface area (Å²) in [7, 11) is 1.70. The van der Waals surface area contributed by atoms with Gasteiger partial charge in [0.15, 0.2) is 0 Å². The van der Waals surface area contributed by atoms with Gasteiger partial charge in [-0.3, -0.25) is 10.1 Å². The van der Waals surface area contributed by atoms with Crippen molar-refractivity contribution in [3.05, 3.63) is 22.4 Å². The Bertz CT molecular complexity index is 422. The lowest BCUT2D eigenvalue weighted by Gasteiger charge is -2.23. The molecule has 1 saturated heterocycles. The highest BCUT2D eigenvalue weighted by molar-refractivity contribution is 7.10. The molecule has 0 spiro atoms. The van der Waals surface area contributed by atoms with Crippen LogP contribution in [0.2, 0.25) is 0 Å². The number of thiophene rings is 1. The molecule has 0 aliphatic carbocycles. The molecule has 2 rings (SSSR count). The quantitative estimate of drug-likeness (QED) is 0.787. The van der Waals surface area contributed by atoms with Crippen LogP contribution in [-0.2, 0) is 9.53 Å². The monoisotopic (exact) mass is 296 g/mol. The van der Waals surface area contributed by atoms with E-state index in [9.17, 15) is 4.79 Å². The van der Waals surface area contributed by atoms with Crippen molar-refractivity contribution in [3.63, 3.8) is 0 Å². The van der Waals surface area contributed by atoms with E-state index >= 15 is 0 Å². The first-order valence-corrected chi connectivity index (χ1v) is 8.15. The zero-order valence-corrected chi connectivity index (χ0v) is 13.3. The van der Waals surface area contributed by atoms with Gasteiger partial charge in [0.1, 0.15) is 6.17 Å². The molecule has 3 atom stereocenters. The Balaban J connectivity index is 2.12. The number of nitrogens with zero attached hydrogens (tertiary/aromatic N) is 1. The summed E-state index contributed by atoms with van der Waals surface area (Å²) in [5.74, 6) is 0.589. The Morgan fingerprint density at radius 3 is 2.95 bits per heavy atom. The minimum atomic E-state index is -0.0605. The van der Waals surface area contributed by atoms with Gasteiger partial charge in [0.05, 0.1) is 6.04 Å². The molecule has 2 heterocycles. The van der Waals surface area contributed by atoms with Crippen molar-refractivity contribution in [1.29, 1.82) is 0 Å². The van der Waals surface area contributed by atoms with Gasteiger partial charge in [0, 0.05) is 25.1 Å². The van der Waals surface area contributed by atoms with E-state index in [-0.39, 0.29) is 18.1 Å². The van der Waals surface area contributed by atoms with Gasteiger partial charge in [-0.25, -0.2) is 0 Å². The zero-order chi connectivity index (χ0) is 14.5. The van der Waals surface area contributed by atoms with Crippen LogP contribution in [-0.4, -0.2) is 37.1 Å². The largest absolute Gasteiger partial charge is 0.385 e. The number of carbonyl (C=O) groups excluding carboxylic acids is 1. The maximum atomic E-state index is 12.6. The summed E-state index contributed by atoms with van der Waals surface area (Å²) < 4.78 is 5.10. The van der Waals surface area contributed by atoms with Crippen molar-refractivity contribution in [2.75, 3.05) is 20.3 Å². The van der Waals surface area contributed by atoms with Gasteiger partial charge >= 0.3 is 0 Å². The van der Waals surface area contributed by atoms with E-state index in [0.29, 0.717) is 12.5 Å². The van der Waals surface area contributed by atoms with E-state index in [2.05, 4.69) is 30.6 Å². The summed E-state index contributed by atoms with van der Waals surface area (Å²) in [5.41, 5.74) is 0. The number of hydrogen-bond donors (Lipinski definition) is 1. The van der Waals surface area contributed by atoms with Gasteiger partial charge in [0.25, 0.3) is 0 Å². The van der Waals surface area contributed by atoms with Crippen LogP contribution in [0.3, 0.4) is 0 Å². The van der Waals surface area contributed by atoms with E-state index in [4.69, 9.17) is 4.74 Å². The Hall–Kier alpha value is -0.910. The Kier molecular flexibility index (Phi) is 5.57. The molecule has 0 saturated carbocycles. The lowest BCUT2D eigenvalue weighted by atomic mass is 9.99. The van der Waals surface area contributed by atoms with Crippen molar-refractivity contribution in [2.45, 2.75) is 38.9 Å². The highest BCUT2D eigenvalue weighted by atomic mass is 32.1. The third kappa shape index (κ3) is 3.22. The normalized spacial score (nSPS) is 24.4. The van der Waals surface area contributed by atoms with E-state index in [1.165, 1.54) is 4.88 Å². The predicted molar refractivity (Wildman–Crippen MR) is 81.6 cm³/mol. The number of nitrogens with one attached hydrogen (secondary N) is 1. The molecule has 1 N–H and O–H groups in total. The fraction of sp³-hybridized carbons (Fsp3) is 0.667. The molecule has 0 bridgehead atoms. The average molecular weight is 296 g/mol. The topological polar surface area (TPSA) is 41.6 Å². The van der Waals surface area contributed by atoms with E-state index < -0.39 is 0 Å². The summed E-state index contributed by atoms with van der Waals surface area (Å²) in [6.07, 6.45) is 1.91. The minimum absolute atomic E-state index is 0.0263. The molecule has 0 radical (unpaired) electrons. The third-order valence-corrected chi connectivity index (χ3v) is 4.90. The smallest absolute Gasteiger partial charge is 0.241 e. The van der Waals surface area contributed by atoms with Gasteiger partial charge in [-0.05, 0) is 23.8 Å². The second-order valence-corrected chi connectivity index (χ2v) is 6.31. The Morgan fingerprint density at radius 1 is 1.55 bits per heavy atom. The molecular formula is C15H24N2O2S. The summed E-state index contributed by atoms with van der Waals surface area (Å²) in [6.45, 7) is 5.71. The average Bonchev–Trinajstić information content (AvgIpc) is 3.07. The van der Waals surface area contributed by atoms with Crippen molar-refractivity contribution in [3.8, 4) is 0 Å². The van der Waals surface area contributed by atoms with E-state index in [0.717, 1.165) is 19.4 Å².